The van der Waals surface area contributed by atoms with Gasteiger partial charge in [-0.1, -0.05) is 6.08 Å². The summed E-state index contributed by atoms with van der Waals surface area (Å²) in [6.07, 6.45) is 4.62. The third-order valence-corrected chi connectivity index (χ3v) is 2.31. The molecule has 1 aromatic heterocycles. The Morgan fingerprint density at radius 2 is 2.10 bits per heavy atom. The summed E-state index contributed by atoms with van der Waals surface area (Å²) in [6, 6.07) is 0. The number of aromatic nitrogens is 2. The normalized spacial score (nSPS) is 11.5. The fraction of sp³-hybridized carbons (Fsp3) is 0.500. The number of hydrogen-bond acceptors (Lipinski definition) is 5. The Labute approximate surface area is 123 Å². The van der Waals surface area contributed by atoms with Crippen molar-refractivity contribution in [2.24, 2.45) is 7.05 Å². The second kappa shape index (κ2) is 6.92. The molecule has 21 heavy (non-hydrogen) atoms. The minimum Gasteiger partial charge on any atom is -0.463 e. The first-order valence-electron chi connectivity index (χ1n) is 6.48. The molecule has 0 atom stereocenters. The van der Waals surface area contributed by atoms with E-state index in [1.165, 1.54) is 7.11 Å². The molecule has 0 aliphatic carbocycles. The highest BCUT2D eigenvalue weighted by Crippen LogP contribution is 2.07. The van der Waals surface area contributed by atoms with Crippen LogP contribution in [0.25, 0.3) is 6.08 Å². The lowest BCUT2D eigenvalue weighted by molar-refractivity contribution is 0.0532. The van der Waals surface area contributed by atoms with Crippen LogP contribution in [-0.2, 0) is 16.5 Å². The van der Waals surface area contributed by atoms with E-state index in [2.05, 4.69) is 15.0 Å². The minimum atomic E-state index is -0.524. The van der Waals surface area contributed by atoms with Gasteiger partial charge in [0.1, 0.15) is 5.60 Å². The number of ether oxygens (including phenoxy) is 2. The second-order valence-electron chi connectivity index (χ2n) is 5.38. The van der Waals surface area contributed by atoms with Crippen LogP contribution >= 0.6 is 0 Å². The van der Waals surface area contributed by atoms with Gasteiger partial charge in [0.25, 0.3) is 0 Å². The molecule has 0 fully saturated rings. The summed E-state index contributed by atoms with van der Waals surface area (Å²) >= 11 is 0. The number of amides is 1. The first kappa shape index (κ1) is 16.7. The molecule has 1 amide bonds. The summed E-state index contributed by atoms with van der Waals surface area (Å²) in [6.45, 7) is 5.69. The maximum absolute atomic E-state index is 11.4. The molecule has 116 valence electrons. The number of esters is 1. The number of carbonyl (C=O) groups is 2. The Morgan fingerprint density at radius 3 is 2.67 bits per heavy atom. The van der Waals surface area contributed by atoms with Crippen LogP contribution in [0.1, 0.15) is 37.1 Å². The lowest BCUT2D eigenvalue weighted by Crippen LogP contribution is -2.32. The molecule has 7 heteroatoms. The minimum absolute atomic E-state index is 0.220. The van der Waals surface area contributed by atoms with E-state index < -0.39 is 17.7 Å². The van der Waals surface area contributed by atoms with Crippen molar-refractivity contribution in [1.29, 1.82) is 0 Å². The summed E-state index contributed by atoms with van der Waals surface area (Å²) in [4.78, 5) is 26.9. The lowest BCUT2D eigenvalue weighted by Gasteiger charge is -2.19. The van der Waals surface area contributed by atoms with E-state index in [4.69, 9.17) is 4.74 Å². The van der Waals surface area contributed by atoms with Gasteiger partial charge in [0.05, 0.1) is 12.8 Å². The Kier molecular flexibility index (Phi) is 5.52. The van der Waals surface area contributed by atoms with Gasteiger partial charge in [-0.15, -0.1) is 0 Å². The highest BCUT2D eigenvalue weighted by Gasteiger charge is 2.15. The van der Waals surface area contributed by atoms with Crippen LogP contribution in [0, 0.1) is 0 Å². The van der Waals surface area contributed by atoms with E-state index >= 15 is 0 Å². The SMILES string of the molecule is COC(=O)c1nc(C=CCNC(=O)OC(C)(C)C)cn1C. The van der Waals surface area contributed by atoms with E-state index in [1.807, 2.05) is 0 Å². The smallest absolute Gasteiger partial charge is 0.407 e. The Hall–Kier alpha value is -2.31. The Bertz CT molecular complexity index is 541. The van der Waals surface area contributed by atoms with Crippen molar-refractivity contribution in [1.82, 2.24) is 14.9 Å². The number of imidazole rings is 1. The van der Waals surface area contributed by atoms with Crippen molar-refractivity contribution >= 4 is 18.1 Å². The molecule has 1 aromatic rings. The van der Waals surface area contributed by atoms with Crippen molar-refractivity contribution in [2.45, 2.75) is 26.4 Å². The number of nitrogens with one attached hydrogen (secondary N) is 1. The molecule has 0 aromatic carbocycles. The first-order valence-corrected chi connectivity index (χ1v) is 6.48. The lowest BCUT2D eigenvalue weighted by atomic mass is 10.2. The number of nitrogens with zero attached hydrogens (tertiary/aromatic N) is 2. The van der Waals surface area contributed by atoms with Gasteiger partial charge in [-0.2, -0.15) is 0 Å². The summed E-state index contributed by atoms with van der Waals surface area (Å²) in [5.41, 5.74) is 0.0772. The summed E-state index contributed by atoms with van der Waals surface area (Å²) in [5.74, 6) is -0.277. The van der Waals surface area contributed by atoms with Crippen molar-refractivity contribution in [3.05, 3.63) is 23.8 Å². The molecule has 1 heterocycles. The fourth-order valence-corrected chi connectivity index (χ4v) is 1.49. The van der Waals surface area contributed by atoms with Gasteiger partial charge in [-0.25, -0.2) is 14.6 Å². The second-order valence-corrected chi connectivity index (χ2v) is 5.38. The molecule has 1 rings (SSSR count). The van der Waals surface area contributed by atoms with Crippen LogP contribution in [0.3, 0.4) is 0 Å². The maximum Gasteiger partial charge on any atom is 0.407 e. The largest absolute Gasteiger partial charge is 0.463 e. The van der Waals surface area contributed by atoms with E-state index in [1.54, 1.807) is 50.7 Å². The van der Waals surface area contributed by atoms with Gasteiger partial charge in [-0.3, -0.25) is 0 Å². The van der Waals surface area contributed by atoms with Crippen LogP contribution in [0.5, 0.6) is 0 Å². The number of aryl methyl sites for hydroxylation is 1. The average Bonchev–Trinajstić information content (AvgIpc) is 2.73. The van der Waals surface area contributed by atoms with Crippen LogP contribution in [0.4, 0.5) is 4.79 Å². The molecule has 7 nitrogen and oxygen atoms in total. The highest BCUT2D eigenvalue weighted by molar-refractivity contribution is 5.85. The zero-order chi connectivity index (χ0) is 16.0. The van der Waals surface area contributed by atoms with Gasteiger partial charge >= 0.3 is 12.1 Å². The van der Waals surface area contributed by atoms with Crippen LogP contribution in [-0.4, -0.2) is 40.9 Å². The Balaban J connectivity index is 2.51. The van der Waals surface area contributed by atoms with Gasteiger partial charge in [0, 0.05) is 19.8 Å². The van der Waals surface area contributed by atoms with Crippen LogP contribution in [0.2, 0.25) is 0 Å². The fourth-order valence-electron chi connectivity index (χ4n) is 1.49. The number of methoxy groups -OCH3 is 1. The third-order valence-electron chi connectivity index (χ3n) is 2.31. The molecule has 0 spiro atoms. The maximum atomic E-state index is 11.4. The monoisotopic (exact) mass is 295 g/mol. The molecular weight excluding hydrogens is 274 g/mol. The number of alkyl carbamates (subject to hydrolysis) is 1. The molecule has 0 saturated carbocycles. The van der Waals surface area contributed by atoms with Crippen molar-refractivity contribution in [3.8, 4) is 0 Å². The number of carbonyl (C=O) groups excluding carboxylic acids is 2. The van der Waals surface area contributed by atoms with E-state index in [0.29, 0.717) is 12.2 Å². The predicted octanol–water partition coefficient (Wildman–Crippen LogP) is 1.74. The van der Waals surface area contributed by atoms with E-state index in [0.717, 1.165) is 0 Å². The number of hydrogen-bond donors (Lipinski definition) is 1. The average molecular weight is 295 g/mol. The molecule has 0 radical (unpaired) electrons. The van der Waals surface area contributed by atoms with E-state index in [9.17, 15) is 9.59 Å². The van der Waals surface area contributed by atoms with Crippen molar-refractivity contribution < 1.29 is 19.1 Å². The third kappa shape index (κ3) is 5.68. The summed E-state index contributed by atoms with van der Waals surface area (Å²) < 4.78 is 11.3. The summed E-state index contributed by atoms with van der Waals surface area (Å²) in [7, 11) is 3.01. The quantitative estimate of drug-likeness (QED) is 0.856. The Morgan fingerprint density at radius 1 is 1.43 bits per heavy atom. The standard InChI is InChI=1S/C14H21N3O4/c1-14(2,3)21-13(19)15-8-6-7-10-9-17(4)11(16-10)12(18)20-5/h6-7,9H,8H2,1-5H3,(H,15,19). The zero-order valence-electron chi connectivity index (χ0n) is 13.0. The zero-order valence-corrected chi connectivity index (χ0v) is 13.0. The molecule has 0 bridgehead atoms. The van der Waals surface area contributed by atoms with Crippen LogP contribution in [0.15, 0.2) is 12.3 Å². The van der Waals surface area contributed by atoms with Crippen molar-refractivity contribution in [3.63, 3.8) is 0 Å². The molecule has 1 N–H and O–H groups in total. The molecule has 0 aliphatic heterocycles. The topological polar surface area (TPSA) is 82.4 Å². The predicted molar refractivity (Wildman–Crippen MR) is 77.8 cm³/mol. The molecule has 0 aliphatic rings. The number of rotatable bonds is 4. The van der Waals surface area contributed by atoms with Gasteiger partial charge in [-0.05, 0) is 26.8 Å². The molecule has 0 unspecified atom stereocenters. The molecular formula is C14H21N3O4. The van der Waals surface area contributed by atoms with Crippen molar-refractivity contribution in [2.75, 3.05) is 13.7 Å². The van der Waals surface area contributed by atoms with Gasteiger partial charge < -0.3 is 19.4 Å². The van der Waals surface area contributed by atoms with Gasteiger partial charge in [0.2, 0.25) is 5.82 Å². The van der Waals surface area contributed by atoms with Gasteiger partial charge in [0.15, 0.2) is 0 Å². The molecule has 0 saturated heterocycles. The first-order chi connectivity index (χ1) is 9.73. The van der Waals surface area contributed by atoms with Crippen LogP contribution < -0.4 is 5.32 Å². The van der Waals surface area contributed by atoms with E-state index in [-0.39, 0.29) is 5.82 Å². The highest BCUT2D eigenvalue weighted by atomic mass is 16.6. The summed E-state index contributed by atoms with van der Waals surface area (Å²) in [5, 5.41) is 2.59.